The Morgan fingerprint density at radius 2 is 2.08 bits per heavy atom. The van der Waals surface area contributed by atoms with Gasteiger partial charge in [-0.05, 0) is 24.8 Å². The van der Waals surface area contributed by atoms with Gasteiger partial charge in [0, 0.05) is 10.9 Å². The maximum absolute atomic E-state index is 11.3. The molecule has 1 aromatic heterocycles. The topological polar surface area (TPSA) is 37.2 Å². The van der Waals surface area contributed by atoms with Crippen LogP contribution in [0.5, 0.6) is 5.75 Å². The second-order valence-corrected chi connectivity index (χ2v) is 2.90. The van der Waals surface area contributed by atoms with Crippen LogP contribution < -0.4 is 10.1 Å². The smallest absolute Gasteiger partial charge is 0.868 e. The Kier molecular flexibility index (Phi) is 2.64. The second-order valence-electron chi connectivity index (χ2n) is 2.90. The zero-order valence-electron chi connectivity index (χ0n) is 7.50. The molecule has 0 unspecified atom stereocenters. The molecule has 0 aliphatic rings. The summed E-state index contributed by atoms with van der Waals surface area (Å²) in [6.07, 6.45) is 1.84. The molecule has 2 aromatic rings. The van der Waals surface area contributed by atoms with Crippen molar-refractivity contribution in [3.05, 3.63) is 36.0 Å². The SMILES string of the molecule is Cc1c[nH+]c2c([O-])cccc2c1.[Be+2]. The van der Waals surface area contributed by atoms with Gasteiger partial charge in [-0.25, -0.2) is 4.98 Å². The normalized spacial score (nSPS) is 9.62. The monoisotopic (exact) mass is 168 g/mol. The fourth-order valence-electron chi connectivity index (χ4n) is 1.30. The molecule has 0 atom stereocenters. The maximum atomic E-state index is 11.3. The second kappa shape index (κ2) is 3.54. The van der Waals surface area contributed by atoms with E-state index in [9.17, 15) is 5.11 Å². The molecule has 0 spiro atoms. The van der Waals surface area contributed by atoms with E-state index in [-0.39, 0.29) is 15.9 Å². The first-order chi connectivity index (χ1) is 5.77. The molecule has 3 heteroatoms. The molecule has 0 amide bonds. The average Bonchev–Trinajstić information content (AvgIpc) is 2.04. The average molecular weight is 168 g/mol. The molecule has 0 fully saturated rings. The Morgan fingerprint density at radius 1 is 1.31 bits per heavy atom. The molecule has 13 heavy (non-hydrogen) atoms. The first-order valence-electron chi connectivity index (χ1n) is 3.85. The van der Waals surface area contributed by atoms with Crippen LogP contribution in [0.1, 0.15) is 5.56 Å². The number of benzene rings is 1. The van der Waals surface area contributed by atoms with Crippen LogP contribution in [0.25, 0.3) is 10.9 Å². The van der Waals surface area contributed by atoms with E-state index >= 15 is 0 Å². The summed E-state index contributed by atoms with van der Waals surface area (Å²) in [7, 11) is 0. The summed E-state index contributed by atoms with van der Waals surface area (Å²) in [5.41, 5.74) is 1.82. The molecule has 0 bridgehead atoms. The number of hydrogen-bond acceptors (Lipinski definition) is 1. The number of aryl methyl sites for hydroxylation is 1. The molecule has 60 valence electrons. The fraction of sp³-hybridized carbons (Fsp3) is 0.100. The minimum atomic E-state index is 0. The third kappa shape index (κ3) is 1.68. The molecule has 2 rings (SSSR count). The van der Waals surface area contributed by atoms with Gasteiger partial charge in [0.1, 0.15) is 0 Å². The predicted octanol–water partition coefficient (Wildman–Crippen LogP) is 0.655. The predicted molar refractivity (Wildman–Crippen MR) is 50.4 cm³/mol. The van der Waals surface area contributed by atoms with E-state index < -0.39 is 0 Å². The molecule has 0 aliphatic heterocycles. The summed E-state index contributed by atoms with van der Waals surface area (Å²) < 4.78 is 0. The van der Waals surface area contributed by atoms with Crippen LogP contribution >= 0.6 is 0 Å². The number of fused-ring (bicyclic) bond motifs is 1. The third-order valence-corrected chi connectivity index (χ3v) is 1.89. The Hall–Kier alpha value is -1.40. The van der Waals surface area contributed by atoms with Gasteiger partial charge in [0.05, 0.1) is 0 Å². The van der Waals surface area contributed by atoms with Crippen LogP contribution in [0.3, 0.4) is 0 Å². The van der Waals surface area contributed by atoms with Gasteiger partial charge in [0.25, 0.3) is 0 Å². The largest absolute Gasteiger partial charge is 2.00 e. The Bertz CT molecular complexity index is 428. The van der Waals surface area contributed by atoms with Crippen molar-refractivity contribution in [2.24, 2.45) is 0 Å². The van der Waals surface area contributed by atoms with Crippen molar-refractivity contribution in [3.63, 3.8) is 0 Å². The molecule has 0 saturated heterocycles. The number of rotatable bonds is 0. The van der Waals surface area contributed by atoms with Crippen molar-refractivity contribution in [2.75, 3.05) is 0 Å². The number of para-hydroxylation sites is 1. The molecule has 0 saturated carbocycles. The summed E-state index contributed by atoms with van der Waals surface area (Å²) in [6.45, 7) is 1.99. The first-order valence-corrected chi connectivity index (χ1v) is 3.85. The number of nitrogens with one attached hydrogen (secondary N) is 1. The van der Waals surface area contributed by atoms with Gasteiger partial charge in [-0.1, -0.05) is 12.1 Å². The van der Waals surface area contributed by atoms with Crippen molar-refractivity contribution < 1.29 is 10.1 Å². The van der Waals surface area contributed by atoms with E-state index in [0.717, 1.165) is 10.9 Å². The minimum Gasteiger partial charge on any atom is -0.868 e. The van der Waals surface area contributed by atoms with E-state index in [4.69, 9.17) is 0 Å². The number of aromatic amines is 1. The Morgan fingerprint density at radius 3 is 2.85 bits per heavy atom. The summed E-state index contributed by atoms with van der Waals surface area (Å²) >= 11 is 0. The van der Waals surface area contributed by atoms with E-state index in [2.05, 4.69) is 4.98 Å². The number of pyridine rings is 1. The van der Waals surface area contributed by atoms with E-state index in [1.165, 1.54) is 0 Å². The van der Waals surface area contributed by atoms with E-state index in [1.807, 2.05) is 25.3 Å². The van der Waals surface area contributed by atoms with Crippen LogP contribution in [0.2, 0.25) is 0 Å². The van der Waals surface area contributed by atoms with Gasteiger partial charge in [-0.2, -0.15) is 0 Å². The van der Waals surface area contributed by atoms with Gasteiger partial charge in [-0.3, -0.25) is 0 Å². The van der Waals surface area contributed by atoms with Crippen LogP contribution in [-0.2, 0) is 0 Å². The molecular formula is C10H9BeNO+2. The van der Waals surface area contributed by atoms with Crippen molar-refractivity contribution in [3.8, 4) is 5.75 Å². The quantitative estimate of drug-likeness (QED) is 0.532. The number of aromatic nitrogens is 1. The molecule has 0 radical (unpaired) electrons. The van der Waals surface area contributed by atoms with Gasteiger partial charge >= 0.3 is 10.1 Å². The van der Waals surface area contributed by atoms with Crippen molar-refractivity contribution >= 4 is 21.0 Å². The summed E-state index contributed by atoms with van der Waals surface area (Å²) in [6, 6.07) is 7.26. The zero-order valence-corrected chi connectivity index (χ0v) is 7.50. The Balaban J connectivity index is 0.000000845. The maximum Gasteiger partial charge on any atom is 2.00 e. The van der Waals surface area contributed by atoms with Gasteiger partial charge in [0.15, 0.2) is 6.20 Å². The molecule has 1 aromatic carbocycles. The van der Waals surface area contributed by atoms with Crippen molar-refractivity contribution in [1.82, 2.24) is 0 Å². The summed E-state index contributed by atoms with van der Waals surface area (Å²) in [5.74, 6) is 0.0486. The van der Waals surface area contributed by atoms with Crippen LogP contribution in [-0.4, -0.2) is 10.1 Å². The first kappa shape index (κ1) is 9.69. The molecule has 0 aliphatic carbocycles. The standard InChI is InChI=1S/C10H9NO.Be/c1-7-5-8-3-2-4-9(12)10(8)11-6-7;/h2-6,12H,1H3;/q;+2. The fourth-order valence-corrected chi connectivity index (χ4v) is 1.30. The Labute approximate surface area is 80.5 Å². The minimum absolute atomic E-state index is 0. The van der Waals surface area contributed by atoms with Crippen molar-refractivity contribution in [1.29, 1.82) is 0 Å². The summed E-state index contributed by atoms with van der Waals surface area (Å²) in [4.78, 5) is 2.97. The van der Waals surface area contributed by atoms with Gasteiger partial charge in [-0.15, -0.1) is 0 Å². The summed E-state index contributed by atoms with van der Waals surface area (Å²) in [5, 5.41) is 12.2. The van der Waals surface area contributed by atoms with E-state index in [1.54, 1.807) is 12.1 Å². The van der Waals surface area contributed by atoms with Crippen LogP contribution in [0.15, 0.2) is 30.5 Å². The molecular weight excluding hydrogens is 159 g/mol. The number of H-pyrrole nitrogens is 1. The molecule has 2 nitrogen and oxygen atoms in total. The molecule has 1 heterocycles. The third-order valence-electron chi connectivity index (χ3n) is 1.89. The number of hydrogen-bond donors (Lipinski definition) is 0. The van der Waals surface area contributed by atoms with Crippen LogP contribution in [0, 0.1) is 6.92 Å². The zero-order chi connectivity index (χ0) is 8.55. The van der Waals surface area contributed by atoms with Crippen LogP contribution in [0.4, 0.5) is 0 Å². The van der Waals surface area contributed by atoms with E-state index in [0.29, 0.717) is 5.52 Å². The van der Waals surface area contributed by atoms with Gasteiger partial charge < -0.3 is 5.11 Å². The van der Waals surface area contributed by atoms with Gasteiger partial charge in [0.2, 0.25) is 5.52 Å². The van der Waals surface area contributed by atoms with Crippen molar-refractivity contribution in [2.45, 2.75) is 6.92 Å². The molecule has 1 N–H and O–H groups in total.